The van der Waals surface area contributed by atoms with Crippen molar-refractivity contribution in [3.8, 4) is 0 Å². The predicted octanol–water partition coefficient (Wildman–Crippen LogP) is 2.20. The molecule has 0 radical (unpaired) electrons. The van der Waals surface area contributed by atoms with Crippen molar-refractivity contribution in [3.05, 3.63) is 0 Å². The van der Waals surface area contributed by atoms with E-state index in [1.54, 1.807) is 0 Å². The highest BCUT2D eigenvalue weighted by Gasteiger charge is 2.64. The Hall–Kier alpha value is -0.0800. The summed E-state index contributed by atoms with van der Waals surface area (Å²) in [6.45, 7) is 11.8. The van der Waals surface area contributed by atoms with Crippen LogP contribution < -0.4 is 0 Å². The minimum Gasteiger partial charge on any atom is -0.298 e. The lowest BCUT2D eigenvalue weighted by molar-refractivity contribution is -0.104. The van der Waals surface area contributed by atoms with Crippen molar-refractivity contribution in [1.82, 2.24) is 5.06 Å². The van der Waals surface area contributed by atoms with Gasteiger partial charge in [-0.15, -0.1) is 0 Å². The van der Waals surface area contributed by atoms with Crippen LogP contribution in [0.5, 0.6) is 0 Å². The van der Waals surface area contributed by atoms with Crippen LogP contribution in [0.4, 0.5) is 0 Å². The van der Waals surface area contributed by atoms with Crippen molar-refractivity contribution in [2.75, 3.05) is 6.61 Å². The molecule has 0 spiro atoms. The molecule has 2 heteroatoms. The van der Waals surface area contributed by atoms with Crippen LogP contribution in [0.25, 0.3) is 0 Å². The summed E-state index contributed by atoms with van der Waals surface area (Å²) in [6.07, 6.45) is 1.09. The quantitative estimate of drug-likeness (QED) is 0.582. The molecule has 1 heterocycles. The standard InChI is InChI=1S/C9H19NO/c1-6-7-11-10-8(2,3)9(10,4)5/h6-7H2,1-5H3. The molecule has 0 amide bonds. The van der Waals surface area contributed by atoms with Crippen molar-refractivity contribution in [3.63, 3.8) is 0 Å². The van der Waals surface area contributed by atoms with Crippen LogP contribution in [0.2, 0.25) is 0 Å². The Labute approximate surface area is 69.5 Å². The van der Waals surface area contributed by atoms with Crippen molar-refractivity contribution in [2.24, 2.45) is 0 Å². The second-order valence-electron chi connectivity index (χ2n) is 4.25. The fourth-order valence-electron chi connectivity index (χ4n) is 1.38. The largest absolute Gasteiger partial charge is 0.298 e. The maximum absolute atomic E-state index is 5.57. The number of rotatable bonds is 3. The summed E-state index contributed by atoms with van der Waals surface area (Å²) < 4.78 is 0. The van der Waals surface area contributed by atoms with Gasteiger partial charge >= 0.3 is 0 Å². The molecular weight excluding hydrogens is 138 g/mol. The third-order valence-corrected chi connectivity index (χ3v) is 2.89. The number of hydrogen-bond acceptors (Lipinski definition) is 2. The van der Waals surface area contributed by atoms with Gasteiger partial charge in [-0.3, -0.25) is 4.84 Å². The zero-order chi connectivity index (χ0) is 8.70. The molecule has 1 saturated heterocycles. The number of hydroxylamine groups is 2. The predicted molar refractivity (Wildman–Crippen MR) is 46.2 cm³/mol. The Morgan fingerprint density at radius 3 is 1.82 bits per heavy atom. The molecule has 0 aromatic heterocycles. The lowest BCUT2D eigenvalue weighted by Crippen LogP contribution is -2.10. The second kappa shape index (κ2) is 2.46. The van der Waals surface area contributed by atoms with Crippen molar-refractivity contribution in [2.45, 2.75) is 52.1 Å². The molecule has 1 rings (SSSR count). The summed E-state index contributed by atoms with van der Waals surface area (Å²) in [6, 6.07) is 0. The molecule has 0 aromatic carbocycles. The van der Waals surface area contributed by atoms with Crippen LogP contribution in [0.15, 0.2) is 0 Å². The average molecular weight is 157 g/mol. The molecule has 0 saturated carbocycles. The summed E-state index contributed by atoms with van der Waals surface area (Å²) in [5.41, 5.74) is 0.449. The summed E-state index contributed by atoms with van der Waals surface area (Å²) >= 11 is 0. The van der Waals surface area contributed by atoms with E-state index < -0.39 is 0 Å². The van der Waals surface area contributed by atoms with E-state index in [1.165, 1.54) is 0 Å². The van der Waals surface area contributed by atoms with Gasteiger partial charge in [0.05, 0.1) is 17.7 Å². The van der Waals surface area contributed by atoms with Crippen LogP contribution in [0, 0.1) is 0 Å². The van der Waals surface area contributed by atoms with Crippen LogP contribution in [-0.2, 0) is 4.84 Å². The SMILES string of the molecule is CCCON1C(C)(C)C1(C)C. The summed E-state index contributed by atoms with van der Waals surface area (Å²) in [7, 11) is 0. The van der Waals surface area contributed by atoms with E-state index in [4.69, 9.17) is 4.84 Å². The molecule has 0 bridgehead atoms. The Kier molecular flexibility index (Phi) is 2.01. The zero-order valence-corrected chi connectivity index (χ0v) is 8.27. The molecule has 0 aliphatic carbocycles. The summed E-state index contributed by atoms with van der Waals surface area (Å²) in [5, 5.41) is 2.09. The van der Waals surface area contributed by atoms with Gasteiger partial charge in [-0.25, -0.2) is 0 Å². The minimum absolute atomic E-state index is 0.224. The van der Waals surface area contributed by atoms with Gasteiger partial charge in [-0.05, 0) is 34.1 Å². The van der Waals surface area contributed by atoms with Crippen LogP contribution >= 0.6 is 0 Å². The molecule has 0 atom stereocenters. The highest BCUT2D eigenvalue weighted by Crippen LogP contribution is 2.50. The maximum Gasteiger partial charge on any atom is 0.0683 e. The lowest BCUT2D eigenvalue weighted by atomic mass is 10.0. The van der Waals surface area contributed by atoms with Gasteiger partial charge < -0.3 is 0 Å². The van der Waals surface area contributed by atoms with Gasteiger partial charge in [0, 0.05) is 0 Å². The second-order valence-corrected chi connectivity index (χ2v) is 4.25. The summed E-state index contributed by atoms with van der Waals surface area (Å²) in [5.74, 6) is 0. The topological polar surface area (TPSA) is 12.2 Å². The normalized spacial score (nSPS) is 27.0. The Balaban J connectivity index is 2.41. The highest BCUT2D eigenvalue weighted by molar-refractivity contribution is 5.15. The highest BCUT2D eigenvalue weighted by atomic mass is 16.7. The molecular formula is C9H19NO. The van der Waals surface area contributed by atoms with Crippen LogP contribution in [0.3, 0.4) is 0 Å². The van der Waals surface area contributed by atoms with E-state index in [0.717, 1.165) is 13.0 Å². The first kappa shape index (κ1) is 9.01. The van der Waals surface area contributed by atoms with Gasteiger partial charge in [0.15, 0.2) is 0 Å². The van der Waals surface area contributed by atoms with E-state index in [2.05, 4.69) is 39.7 Å². The van der Waals surface area contributed by atoms with Crippen LogP contribution in [-0.4, -0.2) is 22.7 Å². The average Bonchev–Trinajstić information content (AvgIpc) is 2.23. The first-order valence-electron chi connectivity index (χ1n) is 4.38. The van der Waals surface area contributed by atoms with Crippen molar-refractivity contribution in [1.29, 1.82) is 0 Å². The van der Waals surface area contributed by atoms with Gasteiger partial charge in [0.2, 0.25) is 0 Å². The molecule has 0 unspecified atom stereocenters. The minimum atomic E-state index is 0.224. The number of hydrogen-bond donors (Lipinski definition) is 0. The van der Waals surface area contributed by atoms with E-state index in [1.807, 2.05) is 0 Å². The molecule has 66 valence electrons. The Morgan fingerprint density at radius 1 is 1.09 bits per heavy atom. The fraction of sp³-hybridized carbons (Fsp3) is 1.00. The Bertz CT molecular complexity index is 138. The van der Waals surface area contributed by atoms with E-state index in [9.17, 15) is 0 Å². The zero-order valence-electron chi connectivity index (χ0n) is 8.27. The maximum atomic E-state index is 5.57. The monoisotopic (exact) mass is 157 g/mol. The lowest BCUT2D eigenvalue weighted by Gasteiger charge is -2.05. The van der Waals surface area contributed by atoms with Gasteiger partial charge in [-0.1, -0.05) is 6.92 Å². The smallest absolute Gasteiger partial charge is 0.0683 e. The molecule has 0 N–H and O–H groups in total. The first-order chi connectivity index (χ1) is 4.94. The summed E-state index contributed by atoms with van der Waals surface area (Å²) in [4.78, 5) is 5.57. The van der Waals surface area contributed by atoms with Crippen molar-refractivity contribution < 1.29 is 4.84 Å². The third-order valence-electron chi connectivity index (χ3n) is 2.89. The molecule has 1 aliphatic rings. The van der Waals surface area contributed by atoms with Gasteiger partial charge in [-0.2, -0.15) is 5.06 Å². The molecule has 1 fully saturated rings. The van der Waals surface area contributed by atoms with E-state index >= 15 is 0 Å². The van der Waals surface area contributed by atoms with Gasteiger partial charge in [0.1, 0.15) is 0 Å². The molecule has 1 aliphatic heterocycles. The molecule has 0 aromatic rings. The fourth-order valence-corrected chi connectivity index (χ4v) is 1.38. The van der Waals surface area contributed by atoms with Gasteiger partial charge in [0.25, 0.3) is 0 Å². The molecule has 2 nitrogen and oxygen atoms in total. The first-order valence-corrected chi connectivity index (χ1v) is 4.38. The number of nitrogens with zero attached hydrogens (tertiary/aromatic N) is 1. The van der Waals surface area contributed by atoms with Crippen LogP contribution in [0.1, 0.15) is 41.0 Å². The Morgan fingerprint density at radius 2 is 1.55 bits per heavy atom. The van der Waals surface area contributed by atoms with E-state index in [-0.39, 0.29) is 11.1 Å². The van der Waals surface area contributed by atoms with E-state index in [0.29, 0.717) is 0 Å². The molecule has 11 heavy (non-hydrogen) atoms. The van der Waals surface area contributed by atoms with Crippen molar-refractivity contribution >= 4 is 0 Å². The third kappa shape index (κ3) is 1.18.